The molecule has 0 radical (unpaired) electrons. The molecule has 0 aromatic heterocycles. The van der Waals surface area contributed by atoms with Gasteiger partial charge >= 0.3 is 0 Å². The maximum Gasteiger partial charge on any atom is 0.126 e. The molecular formula is C26H32F2. The van der Waals surface area contributed by atoms with Gasteiger partial charge in [-0.2, -0.15) is 0 Å². The van der Waals surface area contributed by atoms with Crippen molar-refractivity contribution in [2.75, 3.05) is 0 Å². The van der Waals surface area contributed by atoms with Crippen molar-refractivity contribution in [3.63, 3.8) is 0 Å². The van der Waals surface area contributed by atoms with E-state index in [1.54, 1.807) is 0 Å². The molecule has 0 amide bonds. The molecule has 0 N–H and O–H groups in total. The van der Waals surface area contributed by atoms with Gasteiger partial charge < -0.3 is 0 Å². The van der Waals surface area contributed by atoms with Gasteiger partial charge in [-0.05, 0) is 65.8 Å². The number of benzene rings is 2. The minimum Gasteiger partial charge on any atom is -0.207 e. The van der Waals surface area contributed by atoms with Gasteiger partial charge in [-0.1, -0.05) is 75.6 Å². The van der Waals surface area contributed by atoms with Gasteiger partial charge in [-0.3, -0.25) is 0 Å². The van der Waals surface area contributed by atoms with Gasteiger partial charge in [0, 0.05) is 6.07 Å². The normalized spacial score (nSPS) is 20.2. The topological polar surface area (TPSA) is 0 Å². The van der Waals surface area contributed by atoms with E-state index in [1.165, 1.54) is 88.3 Å². The summed E-state index contributed by atoms with van der Waals surface area (Å²) in [5, 5.41) is 0. The molecule has 2 aromatic rings. The first kappa shape index (κ1) is 19.6. The lowest BCUT2D eigenvalue weighted by Crippen LogP contribution is -2.20. The molecule has 2 aliphatic rings. The molecule has 28 heavy (non-hydrogen) atoms. The van der Waals surface area contributed by atoms with Crippen LogP contribution in [0.15, 0.2) is 42.5 Å². The summed E-state index contributed by atoms with van der Waals surface area (Å²) in [7, 11) is 0. The van der Waals surface area contributed by atoms with Crippen LogP contribution < -0.4 is 0 Å². The molecule has 2 aliphatic carbocycles. The molecule has 150 valence electrons. The van der Waals surface area contributed by atoms with E-state index in [4.69, 9.17) is 0 Å². The van der Waals surface area contributed by atoms with E-state index < -0.39 is 11.6 Å². The Labute approximate surface area is 168 Å². The molecule has 0 bridgehead atoms. The predicted octanol–water partition coefficient (Wildman–Crippen LogP) is 8.27. The van der Waals surface area contributed by atoms with E-state index in [1.807, 2.05) is 0 Å². The quantitative estimate of drug-likeness (QED) is 0.488. The van der Waals surface area contributed by atoms with Crippen molar-refractivity contribution in [2.45, 2.75) is 76.5 Å². The van der Waals surface area contributed by atoms with Crippen molar-refractivity contribution in [1.29, 1.82) is 0 Å². The standard InChI is InChI=1S/C26H32F2/c27-24-16-23(17-25(28)18-24)20-11-13-22(14-12-20)26(21-9-5-2-6-10-21)15-19-7-3-1-4-8-19/h11-14,16-19,21,26H,1-10,15H2. The molecule has 0 nitrogen and oxygen atoms in total. The fourth-order valence-electron chi connectivity index (χ4n) is 5.56. The zero-order valence-corrected chi connectivity index (χ0v) is 16.8. The Hall–Kier alpha value is -1.70. The monoisotopic (exact) mass is 382 g/mol. The van der Waals surface area contributed by atoms with Crippen molar-refractivity contribution in [2.24, 2.45) is 11.8 Å². The fourth-order valence-corrected chi connectivity index (χ4v) is 5.56. The minimum absolute atomic E-state index is 0.517. The first-order valence-electron chi connectivity index (χ1n) is 11.3. The van der Waals surface area contributed by atoms with E-state index in [9.17, 15) is 8.78 Å². The van der Waals surface area contributed by atoms with Gasteiger partial charge in [-0.25, -0.2) is 8.78 Å². The van der Waals surface area contributed by atoms with Crippen LogP contribution in [0.3, 0.4) is 0 Å². The fraction of sp³-hybridized carbons (Fsp3) is 0.538. The molecule has 0 spiro atoms. The maximum atomic E-state index is 13.6. The summed E-state index contributed by atoms with van der Waals surface area (Å²) in [5.41, 5.74) is 2.94. The van der Waals surface area contributed by atoms with E-state index in [0.717, 1.165) is 23.5 Å². The number of hydrogen-bond donors (Lipinski definition) is 0. The van der Waals surface area contributed by atoms with Gasteiger partial charge in [-0.15, -0.1) is 0 Å². The van der Waals surface area contributed by atoms with Crippen LogP contribution in [-0.4, -0.2) is 0 Å². The van der Waals surface area contributed by atoms with Crippen molar-refractivity contribution in [1.82, 2.24) is 0 Å². The SMILES string of the molecule is Fc1cc(F)cc(-c2ccc(C(CC3CCCCC3)C3CCCCC3)cc2)c1. The second-order valence-electron chi connectivity index (χ2n) is 9.02. The van der Waals surface area contributed by atoms with Crippen LogP contribution in [0.1, 0.15) is 82.1 Å². The number of halogens is 2. The molecule has 0 saturated heterocycles. The highest BCUT2D eigenvalue weighted by Crippen LogP contribution is 2.43. The Morgan fingerprint density at radius 1 is 0.679 bits per heavy atom. The number of rotatable bonds is 5. The van der Waals surface area contributed by atoms with Gasteiger partial charge in [0.2, 0.25) is 0 Å². The third-order valence-corrected chi connectivity index (χ3v) is 7.07. The highest BCUT2D eigenvalue weighted by atomic mass is 19.1. The van der Waals surface area contributed by atoms with Gasteiger partial charge in [0.1, 0.15) is 11.6 Å². The molecule has 2 saturated carbocycles. The third kappa shape index (κ3) is 4.82. The van der Waals surface area contributed by atoms with Crippen molar-refractivity contribution < 1.29 is 8.78 Å². The largest absolute Gasteiger partial charge is 0.207 e. The van der Waals surface area contributed by atoms with Crippen LogP contribution in [0.5, 0.6) is 0 Å². The van der Waals surface area contributed by atoms with Gasteiger partial charge in [0.15, 0.2) is 0 Å². The van der Waals surface area contributed by atoms with E-state index >= 15 is 0 Å². The van der Waals surface area contributed by atoms with Crippen LogP contribution >= 0.6 is 0 Å². The lowest BCUT2D eigenvalue weighted by Gasteiger charge is -2.34. The Bertz CT molecular complexity index is 732. The van der Waals surface area contributed by atoms with Crippen molar-refractivity contribution in [3.8, 4) is 11.1 Å². The van der Waals surface area contributed by atoms with Crippen molar-refractivity contribution >= 4 is 0 Å². The highest BCUT2D eigenvalue weighted by Gasteiger charge is 2.28. The second kappa shape index (κ2) is 9.20. The summed E-state index contributed by atoms with van der Waals surface area (Å²) in [6, 6.07) is 12.3. The summed E-state index contributed by atoms with van der Waals surface area (Å²) >= 11 is 0. The summed E-state index contributed by atoms with van der Waals surface area (Å²) in [5.74, 6) is 1.28. The smallest absolute Gasteiger partial charge is 0.126 e. The molecule has 1 atom stereocenters. The average Bonchev–Trinajstić information content (AvgIpc) is 2.73. The summed E-state index contributed by atoms with van der Waals surface area (Å²) in [4.78, 5) is 0. The molecule has 2 fully saturated rings. The van der Waals surface area contributed by atoms with E-state index in [-0.39, 0.29) is 0 Å². The molecule has 4 rings (SSSR count). The Morgan fingerprint density at radius 3 is 1.86 bits per heavy atom. The van der Waals surface area contributed by atoms with Crippen molar-refractivity contribution in [3.05, 3.63) is 59.7 Å². The van der Waals surface area contributed by atoms with Gasteiger partial charge in [0.05, 0.1) is 0 Å². The lowest BCUT2D eigenvalue weighted by atomic mass is 9.71. The zero-order chi connectivity index (χ0) is 19.3. The highest BCUT2D eigenvalue weighted by molar-refractivity contribution is 5.64. The first-order chi connectivity index (χ1) is 13.7. The molecule has 2 heteroatoms. The zero-order valence-electron chi connectivity index (χ0n) is 16.8. The Morgan fingerprint density at radius 2 is 1.25 bits per heavy atom. The average molecular weight is 383 g/mol. The number of hydrogen-bond acceptors (Lipinski definition) is 0. The molecule has 0 aliphatic heterocycles. The van der Waals surface area contributed by atoms with E-state index in [0.29, 0.717) is 11.5 Å². The van der Waals surface area contributed by atoms with Crippen LogP contribution in [0.2, 0.25) is 0 Å². The Kier molecular flexibility index (Phi) is 6.44. The summed E-state index contributed by atoms with van der Waals surface area (Å²) in [6.07, 6.45) is 15.1. The van der Waals surface area contributed by atoms with Crippen LogP contribution in [0, 0.1) is 23.5 Å². The van der Waals surface area contributed by atoms with Crippen LogP contribution in [0.25, 0.3) is 11.1 Å². The molecule has 1 unspecified atom stereocenters. The summed E-state index contributed by atoms with van der Waals surface area (Å²) < 4.78 is 27.2. The molecular weight excluding hydrogens is 350 g/mol. The van der Waals surface area contributed by atoms with Crippen LogP contribution in [-0.2, 0) is 0 Å². The lowest BCUT2D eigenvalue weighted by molar-refractivity contribution is 0.240. The first-order valence-corrected chi connectivity index (χ1v) is 11.3. The molecule has 0 heterocycles. The van der Waals surface area contributed by atoms with E-state index in [2.05, 4.69) is 24.3 Å². The third-order valence-electron chi connectivity index (χ3n) is 7.07. The Balaban J connectivity index is 1.56. The predicted molar refractivity (Wildman–Crippen MR) is 112 cm³/mol. The maximum absolute atomic E-state index is 13.6. The minimum atomic E-state index is -0.517. The second-order valence-corrected chi connectivity index (χ2v) is 9.02. The van der Waals surface area contributed by atoms with Gasteiger partial charge in [0.25, 0.3) is 0 Å². The molecule has 2 aromatic carbocycles. The summed E-state index contributed by atoms with van der Waals surface area (Å²) in [6.45, 7) is 0. The van der Waals surface area contributed by atoms with Crippen LogP contribution in [0.4, 0.5) is 8.78 Å².